The summed E-state index contributed by atoms with van der Waals surface area (Å²) in [5, 5.41) is 11.2. The second-order valence-corrected chi connectivity index (χ2v) is 8.44. The third-order valence-electron chi connectivity index (χ3n) is 4.17. The van der Waals surface area contributed by atoms with Crippen LogP contribution in [0.2, 0.25) is 0 Å². The van der Waals surface area contributed by atoms with E-state index in [0.29, 0.717) is 19.1 Å². The monoisotopic (exact) mass is 377 g/mol. The first-order valence-electron chi connectivity index (χ1n) is 7.27. The summed E-state index contributed by atoms with van der Waals surface area (Å²) in [6, 6.07) is 0.435. The van der Waals surface area contributed by atoms with Gasteiger partial charge in [0.25, 0.3) is 10.0 Å². The smallest absolute Gasteiger partial charge is 0.263 e. The molecule has 21 heavy (non-hydrogen) atoms. The van der Waals surface area contributed by atoms with Gasteiger partial charge in [0.15, 0.2) is 4.60 Å². The molecule has 0 amide bonds. The van der Waals surface area contributed by atoms with Gasteiger partial charge in [-0.3, -0.25) is 0 Å². The van der Waals surface area contributed by atoms with Crippen molar-refractivity contribution in [2.24, 2.45) is 13.0 Å². The van der Waals surface area contributed by atoms with Crippen molar-refractivity contribution in [2.45, 2.75) is 36.8 Å². The summed E-state index contributed by atoms with van der Waals surface area (Å²) in [5.74, 6) is 0.850. The number of nitrogens with one attached hydrogen (secondary N) is 1. The van der Waals surface area contributed by atoms with Crippen LogP contribution in [0, 0.1) is 5.92 Å². The van der Waals surface area contributed by atoms with Gasteiger partial charge in [0.2, 0.25) is 5.03 Å². The van der Waals surface area contributed by atoms with Crippen molar-refractivity contribution in [1.29, 1.82) is 0 Å². The molecule has 0 aromatic carbocycles. The average molecular weight is 378 g/mol. The summed E-state index contributed by atoms with van der Waals surface area (Å²) in [4.78, 5) is 0. The predicted octanol–water partition coefficient (Wildman–Crippen LogP) is 0.730. The van der Waals surface area contributed by atoms with Gasteiger partial charge >= 0.3 is 0 Å². The standard InChI is InChI=1S/C12H20BrN5O2S/c1-17-12(11(13)15-16-17)21(19,20)18-6-4-10(5-7-18)14-8-9-2-3-9/h9-10,14H,2-8H2,1H3. The lowest BCUT2D eigenvalue weighted by Gasteiger charge is -2.31. The normalized spacial score (nSPS) is 21.8. The Bertz CT molecular complexity index is 586. The fraction of sp³-hybridized carbons (Fsp3) is 0.833. The average Bonchev–Trinajstić information content (AvgIpc) is 3.22. The van der Waals surface area contributed by atoms with Gasteiger partial charge in [-0.05, 0) is 54.1 Å². The summed E-state index contributed by atoms with van der Waals surface area (Å²) in [6.45, 7) is 2.17. The van der Waals surface area contributed by atoms with Crippen LogP contribution >= 0.6 is 15.9 Å². The first-order chi connectivity index (χ1) is 9.98. The number of hydrogen-bond acceptors (Lipinski definition) is 5. The summed E-state index contributed by atoms with van der Waals surface area (Å²) in [7, 11) is -1.93. The van der Waals surface area contributed by atoms with Crippen molar-refractivity contribution in [3.8, 4) is 0 Å². The molecule has 0 spiro atoms. The van der Waals surface area contributed by atoms with E-state index >= 15 is 0 Å². The van der Waals surface area contributed by atoms with E-state index in [1.807, 2.05) is 0 Å². The first-order valence-corrected chi connectivity index (χ1v) is 9.50. The number of nitrogens with zero attached hydrogens (tertiary/aromatic N) is 4. The van der Waals surface area contributed by atoms with Crippen molar-refractivity contribution in [2.75, 3.05) is 19.6 Å². The Hall–Kier alpha value is -0.510. The lowest BCUT2D eigenvalue weighted by atomic mass is 10.1. The molecular weight excluding hydrogens is 358 g/mol. The Kier molecular flexibility index (Phi) is 4.35. The van der Waals surface area contributed by atoms with E-state index in [0.717, 1.165) is 25.3 Å². The highest BCUT2D eigenvalue weighted by atomic mass is 79.9. The molecule has 0 radical (unpaired) electrons. The second-order valence-electron chi connectivity index (χ2n) is 5.84. The van der Waals surface area contributed by atoms with Crippen LogP contribution in [0.3, 0.4) is 0 Å². The van der Waals surface area contributed by atoms with Crippen LogP contribution in [0.4, 0.5) is 0 Å². The van der Waals surface area contributed by atoms with Gasteiger partial charge in [-0.2, -0.15) is 4.31 Å². The Morgan fingerprint density at radius 3 is 2.48 bits per heavy atom. The largest absolute Gasteiger partial charge is 0.314 e. The molecule has 2 heterocycles. The maximum atomic E-state index is 12.6. The van der Waals surface area contributed by atoms with Gasteiger partial charge in [-0.15, -0.1) is 5.10 Å². The maximum Gasteiger partial charge on any atom is 0.263 e. The fourth-order valence-electron chi connectivity index (χ4n) is 2.67. The van der Waals surface area contributed by atoms with Gasteiger partial charge < -0.3 is 5.32 Å². The van der Waals surface area contributed by atoms with Crippen molar-refractivity contribution in [3.05, 3.63) is 4.60 Å². The summed E-state index contributed by atoms with van der Waals surface area (Å²) >= 11 is 3.17. The van der Waals surface area contributed by atoms with Crippen LogP contribution in [-0.4, -0.2) is 53.4 Å². The Balaban J connectivity index is 1.62. The lowest BCUT2D eigenvalue weighted by Crippen LogP contribution is -2.45. The molecule has 0 atom stereocenters. The summed E-state index contributed by atoms with van der Waals surface area (Å²) < 4.78 is 28.4. The zero-order chi connectivity index (χ0) is 15.0. The van der Waals surface area contributed by atoms with Gasteiger partial charge in [-0.1, -0.05) is 5.21 Å². The zero-order valence-electron chi connectivity index (χ0n) is 12.0. The van der Waals surface area contributed by atoms with E-state index in [4.69, 9.17) is 0 Å². The van der Waals surface area contributed by atoms with Crippen molar-refractivity contribution < 1.29 is 8.42 Å². The second kappa shape index (κ2) is 5.94. The molecule has 1 saturated carbocycles. The number of sulfonamides is 1. The third kappa shape index (κ3) is 3.30. The van der Waals surface area contributed by atoms with E-state index in [1.54, 1.807) is 7.05 Å². The molecule has 3 rings (SSSR count). The number of aryl methyl sites for hydroxylation is 1. The molecule has 2 aliphatic rings. The Morgan fingerprint density at radius 1 is 1.29 bits per heavy atom. The molecule has 0 unspecified atom stereocenters. The van der Waals surface area contributed by atoms with Crippen molar-refractivity contribution in [3.63, 3.8) is 0 Å². The molecule has 1 aliphatic heterocycles. The van der Waals surface area contributed by atoms with Crippen LogP contribution in [-0.2, 0) is 17.1 Å². The molecule has 118 valence electrons. The molecular formula is C12H20BrN5O2S. The highest BCUT2D eigenvalue weighted by molar-refractivity contribution is 9.10. The third-order valence-corrected chi connectivity index (χ3v) is 6.96. The topological polar surface area (TPSA) is 80.1 Å². The molecule has 9 heteroatoms. The Morgan fingerprint density at radius 2 is 1.95 bits per heavy atom. The fourth-order valence-corrected chi connectivity index (χ4v) is 5.18. The first kappa shape index (κ1) is 15.4. The van der Waals surface area contributed by atoms with Crippen LogP contribution in [0.1, 0.15) is 25.7 Å². The molecule has 0 bridgehead atoms. The molecule has 2 fully saturated rings. The SMILES string of the molecule is Cn1nnc(Br)c1S(=O)(=O)N1CCC(NCC2CC2)CC1. The van der Waals surface area contributed by atoms with Crippen molar-refractivity contribution in [1.82, 2.24) is 24.6 Å². The number of piperidine rings is 1. The highest BCUT2D eigenvalue weighted by Gasteiger charge is 2.34. The van der Waals surface area contributed by atoms with Crippen LogP contribution < -0.4 is 5.32 Å². The van der Waals surface area contributed by atoms with Crippen LogP contribution in [0.25, 0.3) is 0 Å². The molecule has 7 nitrogen and oxygen atoms in total. The number of aromatic nitrogens is 3. The van der Waals surface area contributed by atoms with E-state index in [1.165, 1.54) is 21.8 Å². The maximum absolute atomic E-state index is 12.6. The predicted molar refractivity (Wildman–Crippen MR) is 81.2 cm³/mol. The van der Waals surface area contributed by atoms with Gasteiger partial charge in [-0.25, -0.2) is 13.1 Å². The van der Waals surface area contributed by atoms with Gasteiger partial charge in [0.05, 0.1) is 0 Å². The summed E-state index contributed by atoms with van der Waals surface area (Å²) in [6.07, 6.45) is 4.38. The van der Waals surface area contributed by atoms with Gasteiger partial charge in [0.1, 0.15) is 0 Å². The molecule has 1 aliphatic carbocycles. The van der Waals surface area contributed by atoms with E-state index in [-0.39, 0.29) is 9.63 Å². The molecule has 1 aromatic heterocycles. The van der Waals surface area contributed by atoms with E-state index in [9.17, 15) is 8.42 Å². The number of hydrogen-bond donors (Lipinski definition) is 1. The molecule has 1 saturated heterocycles. The van der Waals surface area contributed by atoms with Gasteiger partial charge in [0, 0.05) is 26.2 Å². The van der Waals surface area contributed by atoms with Crippen LogP contribution in [0.5, 0.6) is 0 Å². The number of halogens is 1. The van der Waals surface area contributed by atoms with Crippen LogP contribution in [0.15, 0.2) is 9.63 Å². The Labute approximate surface area is 133 Å². The minimum Gasteiger partial charge on any atom is -0.314 e. The molecule has 1 aromatic rings. The van der Waals surface area contributed by atoms with E-state index < -0.39 is 10.0 Å². The highest BCUT2D eigenvalue weighted by Crippen LogP contribution is 2.29. The van der Waals surface area contributed by atoms with Crippen molar-refractivity contribution >= 4 is 26.0 Å². The minimum atomic E-state index is -3.53. The zero-order valence-corrected chi connectivity index (χ0v) is 14.4. The summed E-state index contributed by atoms with van der Waals surface area (Å²) in [5.41, 5.74) is 0. The molecule has 1 N–H and O–H groups in total. The number of rotatable bonds is 5. The van der Waals surface area contributed by atoms with E-state index in [2.05, 4.69) is 31.6 Å². The lowest BCUT2D eigenvalue weighted by molar-refractivity contribution is 0.286. The quantitative estimate of drug-likeness (QED) is 0.817. The minimum absolute atomic E-state index is 0.131.